The molecule has 2 aromatic heterocycles. The Morgan fingerprint density at radius 2 is 1.68 bits per heavy atom. The number of aliphatic hydroxyl groups excluding tert-OH is 4. The van der Waals surface area contributed by atoms with E-state index in [-0.39, 0.29) is 42.7 Å². The zero-order chi connectivity index (χ0) is 37.2. The summed E-state index contributed by atoms with van der Waals surface area (Å²) in [7, 11) is 0. The highest BCUT2D eigenvalue weighted by Gasteiger charge is 2.45. The molecule has 6 rings (SSSR count). The smallest absolute Gasteiger partial charge is 0.410 e. The number of aliphatic hydroxyl groups is 4. The van der Waals surface area contributed by atoms with Crippen molar-refractivity contribution in [2.24, 2.45) is 0 Å². The van der Waals surface area contributed by atoms with Crippen LogP contribution < -0.4 is 15.8 Å². The summed E-state index contributed by atoms with van der Waals surface area (Å²) in [5.41, 5.74) is 10.3. The Kier molecular flexibility index (Phi) is 12.7. The number of hydrogen-bond donors (Lipinski definition) is 6. The van der Waals surface area contributed by atoms with Crippen molar-refractivity contribution >= 4 is 29.0 Å². The van der Waals surface area contributed by atoms with E-state index < -0.39 is 37.2 Å². The van der Waals surface area contributed by atoms with E-state index in [1.807, 2.05) is 78.9 Å². The number of amides is 1. The summed E-state index contributed by atoms with van der Waals surface area (Å²) in [5.74, 6) is 1.03. The third-order valence-electron chi connectivity index (χ3n) is 8.99. The standard InChI is InChI=1S/C38H45N7O8/c39-34-31-35(42-24-41-34)45(36-33(49)32(48)30(22-47)53-36)37(43-31)40-21-26-14-15-28(27-12-5-2-6-13-27)29(20-26)51-19-9-17-44(16-7-8-18-46)38(50)52-23-25-10-3-1-4-11-25/h1-6,10-15,20,24,30,32-33,36,46-49H,7-9,16-19,21-23H2,(H,40,43)(H2,39,41,42)/t30-,32-,33-,36-/m1/s1. The van der Waals surface area contributed by atoms with E-state index in [2.05, 4.69) is 20.3 Å². The first-order chi connectivity index (χ1) is 25.9. The molecule has 0 radical (unpaired) electrons. The maximum atomic E-state index is 13.0. The second-order valence-electron chi connectivity index (χ2n) is 12.7. The predicted molar refractivity (Wildman–Crippen MR) is 197 cm³/mol. The number of ether oxygens (including phenoxy) is 3. The average Bonchev–Trinajstić information content (AvgIpc) is 3.70. The van der Waals surface area contributed by atoms with Gasteiger partial charge in [-0.1, -0.05) is 72.8 Å². The summed E-state index contributed by atoms with van der Waals surface area (Å²) in [6, 6.07) is 25.2. The fraction of sp³-hybridized carbons (Fsp3) is 0.368. The molecule has 0 aliphatic carbocycles. The lowest BCUT2D eigenvalue weighted by atomic mass is 10.0. The maximum absolute atomic E-state index is 13.0. The molecule has 1 saturated heterocycles. The van der Waals surface area contributed by atoms with Gasteiger partial charge in [0.2, 0.25) is 5.95 Å². The number of unbranched alkanes of at least 4 members (excludes halogenated alkanes) is 1. The maximum Gasteiger partial charge on any atom is 0.410 e. The predicted octanol–water partition coefficient (Wildman–Crippen LogP) is 3.48. The van der Waals surface area contributed by atoms with E-state index in [9.17, 15) is 25.2 Å². The number of rotatable bonds is 17. The first kappa shape index (κ1) is 37.4. The van der Waals surface area contributed by atoms with Crippen LogP contribution in [0.3, 0.4) is 0 Å². The third-order valence-corrected chi connectivity index (χ3v) is 8.99. The normalized spacial score (nSPS) is 18.3. The first-order valence-electron chi connectivity index (χ1n) is 17.6. The highest BCUT2D eigenvalue weighted by Crippen LogP contribution is 2.36. The molecular weight excluding hydrogens is 682 g/mol. The van der Waals surface area contributed by atoms with Gasteiger partial charge < -0.3 is 50.6 Å². The van der Waals surface area contributed by atoms with Gasteiger partial charge in [0, 0.05) is 31.8 Å². The molecule has 3 aromatic carbocycles. The molecule has 0 saturated carbocycles. The monoisotopic (exact) mass is 727 g/mol. The number of hydrogen-bond acceptors (Lipinski definition) is 13. The molecule has 0 bridgehead atoms. The molecule has 7 N–H and O–H groups in total. The number of benzene rings is 3. The number of nitrogen functional groups attached to an aromatic ring is 1. The van der Waals surface area contributed by atoms with E-state index in [1.165, 1.54) is 10.9 Å². The Morgan fingerprint density at radius 3 is 2.42 bits per heavy atom. The van der Waals surface area contributed by atoms with Crippen LogP contribution >= 0.6 is 0 Å². The van der Waals surface area contributed by atoms with Crippen molar-refractivity contribution in [3.05, 3.63) is 96.3 Å². The van der Waals surface area contributed by atoms with Gasteiger partial charge in [-0.25, -0.2) is 19.7 Å². The molecule has 0 unspecified atom stereocenters. The Bertz CT molecular complexity index is 1930. The number of aromatic nitrogens is 4. The lowest BCUT2D eigenvalue weighted by molar-refractivity contribution is -0.0501. The van der Waals surface area contributed by atoms with Gasteiger partial charge in [0.05, 0.1) is 13.2 Å². The largest absolute Gasteiger partial charge is 0.493 e. The van der Waals surface area contributed by atoms with Gasteiger partial charge in [0.1, 0.15) is 37.0 Å². The summed E-state index contributed by atoms with van der Waals surface area (Å²) in [5, 5.41) is 43.6. The van der Waals surface area contributed by atoms with Crippen LogP contribution in [-0.2, 0) is 22.6 Å². The molecular formula is C38H45N7O8. The quantitative estimate of drug-likeness (QED) is 0.0759. The SMILES string of the molecule is Nc1ncnc2c1nc(NCc1ccc(-c3ccccc3)c(OCCCN(CCCCO)C(=O)OCc3ccccc3)c1)n2[C@@H]1O[C@H](CO)[C@@H](O)[C@H]1O. The minimum atomic E-state index is -1.37. The molecule has 3 heterocycles. The topological polar surface area (TPSA) is 211 Å². The second-order valence-corrected chi connectivity index (χ2v) is 12.7. The number of carbonyl (C=O) groups is 1. The molecule has 1 amide bonds. The van der Waals surface area contributed by atoms with Crippen molar-refractivity contribution in [1.29, 1.82) is 0 Å². The van der Waals surface area contributed by atoms with E-state index in [0.29, 0.717) is 44.7 Å². The summed E-state index contributed by atoms with van der Waals surface area (Å²) >= 11 is 0. The zero-order valence-corrected chi connectivity index (χ0v) is 29.2. The second kappa shape index (κ2) is 17.9. The zero-order valence-electron chi connectivity index (χ0n) is 29.2. The third kappa shape index (κ3) is 9.01. The van der Waals surface area contributed by atoms with E-state index in [4.69, 9.17) is 19.9 Å². The van der Waals surface area contributed by atoms with Crippen molar-refractivity contribution in [2.45, 2.75) is 57.0 Å². The van der Waals surface area contributed by atoms with Crippen molar-refractivity contribution in [3.63, 3.8) is 0 Å². The Morgan fingerprint density at radius 1 is 0.925 bits per heavy atom. The number of nitrogens with one attached hydrogen (secondary N) is 1. The Labute approximate surface area is 306 Å². The molecule has 1 fully saturated rings. The van der Waals surface area contributed by atoms with Gasteiger partial charge in [0.25, 0.3) is 0 Å². The van der Waals surface area contributed by atoms with Crippen LogP contribution in [0.1, 0.15) is 36.6 Å². The molecule has 15 heteroatoms. The van der Waals surface area contributed by atoms with Crippen molar-refractivity contribution in [2.75, 3.05) is 44.0 Å². The van der Waals surface area contributed by atoms with E-state index in [0.717, 1.165) is 22.3 Å². The van der Waals surface area contributed by atoms with Crippen LogP contribution in [0, 0.1) is 0 Å². The molecule has 53 heavy (non-hydrogen) atoms. The lowest BCUT2D eigenvalue weighted by Crippen LogP contribution is -2.34. The van der Waals surface area contributed by atoms with Crippen LogP contribution in [0.5, 0.6) is 5.75 Å². The van der Waals surface area contributed by atoms with Gasteiger partial charge in [-0.05, 0) is 42.0 Å². The van der Waals surface area contributed by atoms with Crippen molar-refractivity contribution < 1.29 is 39.4 Å². The van der Waals surface area contributed by atoms with Gasteiger partial charge in [-0.2, -0.15) is 0 Å². The highest BCUT2D eigenvalue weighted by atomic mass is 16.6. The number of imidazole rings is 1. The van der Waals surface area contributed by atoms with E-state index >= 15 is 0 Å². The molecule has 280 valence electrons. The fourth-order valence-electron chi connectivity index (χ4n) is 6.18. The number of anilines is 2. The van der Waals surface area contributed by atoms with Crippen LogP contribution in [0.25, 0.3) is 22.3 Å². The fourth-order valence-corrected chi connectivity index (χ4v) is 6.18. The summed E-state index contributed by atoms with van der Waals surface area (Å²) in [4.78, 5) is 27.6. The molecule has 1 aliphatic heterocycles. The van der Waals surface area contributed by atoms with Gasteiger partial charge >= 0.3 is 6.09 Å². The number of carbonyl (C=O) groups excluding carboxylic acids is 1. The Balaban J connectivity index is 1.17. The highest BCUT2D eigenvalue weighted by molar-refractivity contribution is 5.84. The number of nitrogens with zero attached hydrogens (tertiary/aromatic N) is 5. The molecule has 4 atom stereocenters. The molecule has 0 spiro atoms. The molecule has 1 aliphatic rings. The van der Waals surface area contributed by atoms with Crippen LogP contribution in [0.15, 0.2) is 85.2 Å². The Hall–Kier alpha value is -5.32. The number of fused-ring (bicyclic) bond motifs is 1. The van der Waals surface area contributed by atoms with Crippen LogP contribution in [-0.4, -0.2) is 102 Å². The van der Waals surface area contributed by atoms with Crippen molar-refractivity contribution in [1.82, 2.24) is 24.4 Å². The molecule has 5 aromatic rings. The minimum absolute atomic E-state index is 0.0492. The minimum Gasteiger partial charge on any atom is -0.493 e. The lowest BCUT2D eigenvalue weighted by Gasteiger charge is -2.22. The van der Waals surface area contributed by atoms with Gasteiger partial charge in [0.15, 0.2) is 23.2 Å². The summed E-state index contributed by atoms with van der Waals surface area (Å²) in [6.45, 7) is 1.18. The summed E-state index contributed by atoms with van der Waals surface area (Å²) in [6.07, 6.45) is -2.19. The van der Waals surface area contributed by atoms with Crippen LogP contribution in [0.4, 0.5) is 16.6 Å². The summed E-state index contributed by atoms with van der Waals surface area (Å²) < 4.78 is 19.3. The van der Waals surface area contributed by atoms with Crippen LogP contribution in [0.2, 0.25) is 0 Å². The van der Waals surface area contributed by atoms with Crippen molar-refractivity contribution in [3.8, 4) is 16.9 Å². The number of nitrogens with two attached hydrogens (primary N) is 1. The first-order valence-corrected chi connectivity index (χ1v) is 17.6. The van der Waals surface area contributed by atoms with Gasteiger partial charge in [-0.3, -0.25) is 4.57 Å². The van der Waals surface area contributed by atoms with E-state index in [1.54, 1.807) is 4.90 Å². The average molecular weight is 728 g/mol. The molecule has 15 nitrogen and oxygen atoms in total. The van der Waals surface area contributed by atoms with Gasteiger partial charge in [-0.15, -0.1) is 0 Å².